The molecule has 2 atom stereocenters. The number of hydrogen-bond acceptors (Lipinski definition) is 2. The quantitative estimate of drug-likeness (QED) is 0.305. The molecule has 0 aliphatic carbocycles. The summed E-state index contributed by atoms with van der Waals surface area (Å²) in [6.45, 7) is 4.87. The molecular weight excluding hydrogens is 487 g/mol. The van der Waals surface area contributed by atoms with Gasteiger partial charge in [0.2, 0.25) is 0 Å². The molecule has 3 aromatic carbocycles. The normalized spacial score (nSPS) is 17.0. The highest BCUT2D eigenvalue weighted by atomic mass is 19.4. The van der Waals surface area contributed by atoms with Gasteiger partial charge in [0.25, 0.3) is 0 Å². The molecule has 0 spiro atoms. The summed E-state index contributed by atoms with van der Waals surface area (Å²) in [5.74, 6) is -1.38. The van der Waals surface area contributed by atoms with Crippen LogP contribution in [0.2, 0.25) is 0 Å². The first-order valence-electron chi connectivity index (χ1n) is 13.5. The monoisotopic (exact) mass is 523 g/mol. The van der Waals surface area contributed by atoms with Crippen molar-refractivity contribution < 1.29 is 23.1 Å². The molecule has 1 fully saturated rings. The van der Waals surface area contributed by atoms with Crippen LogP contribution < -0.4 is 4.90 Å². The average molecular weight is 524 g/mol. The van der Waals surface area contributed by atoms with Crippen LogP contribution in [0.25, 0.3) is 11.1 Å². The number of piperidine rings is 1. The molecule has 1 aliphatic rings. The van der Waals surface area contributed by atoms with Crippen molar-refractivity contribution in [2.24, 2.45) is 5.92 Å². The van der Waals surface area contributed by atoms with E-state index in [4.69, 9.17) is 0 Å². The molecule has 1 N–H and O–H groups in total. The number of alkyl halides is 3. The Morgan fingerprint density at radius 3 is 2.32 bits per heavy atom. The summed E-state index contributed by atoms with van der Waals surface area (Å²) in [6.07, 6.45) is 1.28. The Hall–Kier alpha value is -3.28. The summed E-state index contributed by atoms with van der Waals surface area (Å²) in [4.78, 5) is 14.7. The van der Waals surface area contributed by atoms with Crippen LogP contribution in [0.5, 0.6) is 0 Å². The van der Waals surface area contributed by atoms with Crippen LogP contribution in [-0.2, 0) is 17.4 Å². The van der Waals surface area contributed by atoms with Gasteiger partial charge in [0, 0.05) is 18.3 Å². The van der Waals surface area contributed by atoms with E-state index in [0.717, 1.165) is 62.0 Å². The van der Waals surface area contributed by atoms with Crippen molar-refractivity contribution in [2.75, 3.05) is 11.4 Å². The lowest BCUT2D eigenvalue weighted by Crippen LogP contribution is -2.40. The third-order valence-corrected chi connectivity index (χ3v) is 7.46. The molecule has 1 aliphatic heterocycles. The third kappa shape index (κ3) is 6.97. The van der Waals surface area contributed by atoms with Gasteiger partial charge in [0.1, 0.15) is 0 Å². The number of carboxylic acids is 1. The van der Waals surface area contributed by atoms with Crippen molar-refractivity contribution in [1.82, 2.24) is 0 Å². The highest BCUT2D eigenvalue weighted by Crippen LogP contribution is 2.37. The first kappa shape index (κ1) is 27.7. The first-order valence-corrected chi connectivity index (χ1v) is 13.5. The molecule has 0 aromatic heterocycles. The van der Waals surface area contributed by atoms with Crippen LogP contribution >= 0.6 is 0 Å². The van der Waals surface area contributed by atoms with Gasteiger partial charge in [0.05, 0.1) is 11.5 Å². The van der Waals surface area contributed by atoms with Gasteiger partial charge in [-0.05, 0) is 91.0 Å². The molecule has 4 rings (SSSR count). The van der Waals surface area contributed by atoms with Crippen LogP contribution in [-0.4, -0.2) is 23.7 Å². The fourth-order valence-corrected chi connectivity index (χ4v) is 5.49. The second-order valence-corrected chi connectivity index (χ2v) is 10.8. The number of carboxylic acid groups (broad SMARTS) is 1. The summed E-state index contributed by atoms with van der Waals surface area (Å²) in [6, 6.07) is 21.7. The fraction of sp³-hybridized carbons (Fsp3) is 0.406. The van der Waals surface area contributed by atoms with E-state index in [1.54, 1.807) is 0 Å². The van der Waals surface area contributed by atoms with Gasteiger partial charge in [-0.1, -0.05) is 62.4 Å². The molecule has 1 heterocycles. The highest BCUT2D eigenvalue weighted by molar-refractivity contribution is 5.79. The van der Waals surface area contributed by atoms with Crippen LogP contribution in [0.1, 0.15) is 68.6 Å². The van der Waals surface area contributed by atoms with Crippen LogP contribution in [0, 0.1) is 5.92 Å². The third-order valence-electron chi connectivity index (χ3n) is 7.46. The molecule has 1 unspecified atom stereocenters. The Balaban J connectivity index is 1.72. The second-order valence-electron chi connectivity index (χ2n) is 10.8. The topological polar surface area (TPSA) is 40.5 Å². The van der Waals surface area contributed by atoms with Gasteiger partial charge in [-0.25, -0.2) is 0 Å². The van der Waals surface area contributed by atoms with Crippen molar-refractivity contribution in [3.63, 3.8) is 0 Å². The second kappa shape index (κ2) is 12.1. The smallest absolute Gasteiger partial charge is 0.416 e. The molecule has 0 saturated carbocycles. The molecule has 0 bridgehead atoms. The number of benzene rings is 3. The summed E-state index contributed by atoms with van der Waals surface area (Å²) in [5.41, 5.74) is 3.63. The number of rotatable bonds is 9. The Morgan fingerprint density at radius 1 is 0.974 bits per heavy atom. The van der Waals surface area contributed by atoms with E-state index >= 15 is 0 Å². The van der Waals surface area contributed by atoms with E-state index in [1.165, 1.54) is 17.7 Å². The Bertz CT molecular complexity index is 1210. The number of anilines is 1. The molecule has 38 heavy (non-hydrogen) atoms. The maximum absolute atomic E-state index is 13.2. The standard InChI is InChI=1S/C32H36F3NO2/c1-22(2)18-30(31(37)38)26-19-25(24-12-14-27(15-13-24)32(33,34)35)20-29(21-26)36-17-7-6-10-28(36)16-11-23-8-4-3-5-9-23/h3-5,8-9,12-15,19-22,28,30H,6-7,10-11,16-18H2,1-2H3,(H,37,38)/t28?,30-/m1/s1. The van der Waals surface area contributed by atoms with E-state index in [2.05, 4.69) is 29.2 Å². The summed E-state index contributed by atoms with van der Waals surface area (Å²) >= 11 is 0. The lowest BCUT2D eigenvalue weighted by Gasteiger charge is -2.38. The van der Waals surface area contributed by atoms with E-state index in [1.807, 2.05) is 38.1 Å². The molecule has 6 heteroatoms. The largest absolute Gasteiger partial charge is 0.481 e. The van der Waals surface area contributed by atoms with Gasteiger partial charge in [-0.3, -0.25) is 4.79 Å². The first-order chi connectivity index (χ1) is 18.1. The molecule has 1 saturated heterocycles. The number of aryl methyl sites for hydroxylation is 1. The maximum Gasteiger partial charge on any atom is 0.416 e. The Labute approximate surface area is 223 Å². The number of hydrogen-bond donors (Lipinski definition) is 1. The molecule has 3 aromatic rings. The lowest BCUT2D eigenvalue weighted by molar-refractivity contribution is -0.139. The Morgan fingerprint density at radius 2 is 1.68 bits per heavy atom. The molecule has 0 amide bonds. The predicted octanol–water partition coefficient (Wildman–Crippen LogP) is 8.58. The van der Waals surface area contributed by atoms with Gasteiger partial charge < -0.3 is 10.0 Å². The zero-order valence-electron chi connectivity index (χ0n) is 22.0. The summed E-state index contributed by atoms with van der Waals surface area (Å²) in [7, 11) is 0. The SMILES string of the molecule is CC(C)C[C@@H](C(=O)O)c1cc(-c2ccc(C(F)(F)F)cc2)cc(N2CCCCC2CCc2ccccc2)c1. The van der Waals surface area contributed by atoms with E-state index < -0.39 is 23.6 Å². The van der Waals surface area contributed by atoms with Crippen LogP contribution in [0.15, 0.2) is 72.8 Å². The Kier molecular flexibility index (Phi) is 8.80. The van der Waals surface area contributed by atoms with Gasteiger partial charge in [-0.2, -0.15) is 13.2 Å². The zero-order chi connectivity index (χ0) is 27.3. The van der Waals surface area contributed by atoms with Gasteiger partial charge in [-0.15, -0.1) is 0 Å². The van der Waals surface area contributed by atoms with Crippen molar-refractivity contribution >= 4 is 11.7 Å². The number of carbonyl (C=O) groups is 1. The zero-order valence-corrected chi connectivity index (χ0v) is 22.0. The molecule has 0 radical (unpaired) electrons. The van der Waals surface area contributed by atoms with Gasteiger partial charge in [0.15, 0.2) is 0 Å². The average Bonchev–Trinajstić information content (AvgIpc) is 2.90. The minimum Gasteiger partial charge on any atom is -0.481 e. The van der Waals surface area contributed by atoms with E-state index in [9.17, 15) is 23.1 Å². The predicted molar refractivity (Wildman–Crippen MR) is 146 cm³/mol. The fourth-order valence-electron chi connectivity index (χ4n) is 5.49. The summed E-state index contributed by atoms with van der Waals surface area (Å²) in [5, 5.41) is 10.1. The molecule has 3 nitrogen and oxygen atoms in total. The lowest BCUT2D eigenvalue weighted by atomic mass is 9.87. The van der Waals surface area contributed by atoms with E-state index in [-0.39, 0.29) is 5.92 Å². The summed E-state index contributed by atoms with van der Waals surface area (Å²) < 4.78 is 39.5. The van der Waals surface area contributed by atoms with E-state index in [0.29, 0.717) is 23.6 Å². The number of halogens is 3. The number of nitrogens with zero attached hydrogens (tertiary/aromatic N) is 1. The minimum absolute atomic E-state index is 0.183. The molecular formula is C32H36F3NO2. The maximum atomic E-state index is 13.2. The minimum atomic E-state index is -4.41. The van der Waals surface area contributed by atoms with Crippen molar-refractivity contribution in [3.8, 4) is 11.1 Å². The van der Waals surface area contributed by atoms with Crippen molar-refractivity contribution in [3.05, 3.63) is 89.5 Å². The van der Waals surface area contributed by atoms with Crippen molar-refractivity contribution in [1.29, 1.82) is 0 Å². The van der Waals surface area contributed by atoms with Gasteiger partial charge >= 0.3 is 12.1 Å². The van der Waals surface area contributed by atoms with Crippen LogP contribution in [0.3, 0.4) is 0 Å². The van der Waals surface area contributed by atoms with Crippen molar-refractivity contribution in [2.45, 2.75) is 70.5 Å². The number of aliphatic carboxylic acids is 1. The molecule has 202 valence electrons. The highest BCUT2D eigenvalue weighted by Gasteiger charge is 2.30. The van der Waals surface area contributed by atoms with Crippen LogP contribution in [0.4, 0.5) is 18.9 Å².